The third-order valence-electron chi connectivity index (χ3n) is 4.23. The van der Waals surface area contributed by atoms with Crippen LogP contribution >= 0.6 is 11.8 Å². The van der Waals surface area contributed by atoms with E-state index < -0.39 is 11.4 Å². The normalized spacial score (nSPS) is 13.2. The van der Waals surface area contributed by atoms with Gasteiger partial charge in [-0.1, -0.05) is 6.92 Å². The highest BCUT2D eigenvalue weighted by Crippen LogP contribution is 2.34. The Morgan fingerprint density at radius 3 is 2.27 bits per heavy atom. The zero-order chi connectivity index (χ0) is 19.6. The number of thioether (sulfide) groups is 1. The van der Waals surface area contributed by atoms with Crippen LogP contribution < -0.4 is 9.47 Å². The summed E-state index contributed by atoms with van der Waals surface area (Å²) < 4.78 is 21.6. The van der Waals surface area contributed by atoms with Gasteiger partial charge in [0.1, 0.15) is 16.9 Å². The Morgan fingerprint density at radius 2 is 1.81 bits per heavy atom. The number of ether oxygens (including phenoxy) is 4. The predicted molar refractivity (Wildman–Crippen MR) is 103 cm³/mol. The molecule has 0 aliphatic carbocycles. The topological polar surface area (TPSA) is 74.2 Å². The second kappa shape index (κ2) is 11.3. The Hall–Kier alpha value is -1.44. The molecule has 148 valence electrons. The number of aliphatic hydroxyl groups excluding tert-OH is 1. The number of hydrogen-bond acceptors (Lipinski definition) is 7. The van der Waals surface area contributed by atoms with Crippen LogP contribution in [0.15, 0.2) is 12.1 Å². The largest absolute Gasteiger partial charge is 0.496 e. The molecule has 0 aromatic heterocycles. The van der Waals surface area contributed by atoms with E-state index in [1.54, 1.807) is 32.9 Å². The number of rotatable bonds is 12. The number of benzene rings is 1. The molecule has 1 rings (SSSR count). The molecule has 6 nitrogen and oxygen atoms in total. The molecule has 0 fully saturated rings. The van der Waals surface area contributed by atoms with Crippen molar-refractivity contribution < 1.29 is 28.8 Å². The Morgan fingerprint density at radius 1 is 1.19 bits per heavy atom. The van der Waals surface area contributed by atoms with Gasteiger partial charge in [-0.3, -0.25) is 4.79 Å². The first-order chi connectivity index (χ1) is 12.5. The van der Waals surface area contributed by atoms with Gasteiger partial charge in [0.25, 0.3) is 0 Å². The highest BCUT2D eigenvalue weighted by Gasteiger charge is 2.38. The zero-order valence-electron chi connectivity index (χ0n) is 16.3. The SMILES string of the molecule is CCOC(=O)C(CC)(CO)COCSCc1c(OC)cc(C)cc1OC. The molecule has 1 unspecified atom stereocenters. The Bertz CT molecular complexity index is 546. The summed E-state index contributed by atoms with van der Waals surface area (Å²) in [6.07, 6.45) is 0.451. The lowest BCUT2D eigenvalue weighted by atomic mass is 9.87. The van der Waals surface area contributed by atoms with Crippen LogP contribution in [-0.2, 0) is 20.0 Å². The van der Waals surface area contributed by atoms with Crippen molar-refractivity contribution in [2.24, 2.45) is 5.41 Å². The van der Waals surface area contributed by atoms with Crippen molar-refractivity contribution in [2.75, 3.05) is 40.0 Å². The van der Waals surface area contributed by atoms with E-state index in [2.05, 4.69) is 0 Å². The summed E-state index contributed by atoms with van der Waals surface area (Å²) in [5, 5.41) is 9.65. The van der Waals surface area contributed by atoms with Crippen molar-refractivity contribution >= 4 is 17.7 Å². The van der Waals surface area contributed by atoms with Gasteiger partial charge in [0.05, 0.1) is 40.0 Å². The second-order valence-electron chi connectivity index (χ2n) is 5.98. The number of methoxy groups -OCH3 is 2. The number of esters is 1. The van der Waals surface area contributed by atoms with Crippen LogP contribution in [0.4, 0.5) is 0 Å². The molecule has 0 saturated carbocycles. The summed E-state index contributed by atoms with van der Waals surface area (Å²) in [7, 11) is 3.27. The molecule has 0 heterocycles. The Labute approximate surface area is 160 Å². The van der Waals surface area contributed by atoms with Crippen LogP contribution in [0.25, 0.3) is 0 Å². The van der Waals surface area contributed by atoms with Gasteiger partial charge >= 0.3 is 5.97 Å². The van der Waals surface area contributed by atoms with Crippen LogP contribution in [-0.4, -0.2) is 51.1 Å². The van der Waals surface area contributed by atoms with Crippen molar-refractivity contribution in [3.63, 3.8) is 0 Å². The summed E-state index contributed by atoms with van der Waals surface area (Å²) in [6.45, 7) is 5.67. The molecule has 26 heavy (non-hydrogen) atoms. The number of carbonyl (C=O) groups is 1. The molecular formula is C19H30O6S. The Kier molecular flexibility index (Phi) is 9.83. The summed E-state index contributed by atoms with van der Waals surface area (Å²) in [5.41, 5.74) is 1.02. The summed E-state index contributed by atoms with van der Waals surface area (Å²) in [4.78, 5) is 12.1. The number of aliphatic hydroxyl groups is 1. The molecule has 1 N–H and O–H groups in total. The maximum absolute atomic E-state index is 12.1. The molecule has 1 aromatic carbocycles. The predicted octanol–water partition coefficient (Wildman–Crippen LogP) is 3.17. The Balaban J connectivity index is 2.63. The van der Waals surface area contributed by atoms with Crippen LogP contribution in [0.2, 0.25) is 0 Å². The highest BCUT2D eigenvalue weighted by atomic mass is 32.2. The quantitative estimate of drug-likeness (QED) is 0.336. The first-order valence-corrected chi connectivity index (χ1v) is 9.78. The van der Waals surface area contributed by atoms with Gasteiger partial charge in [0.2, 0.25) is 0 Å². The average molecular weight is 387 g/mol. The van der Waals surface area contributed by atoms with Crippen molar-refractivity contribution in [2.45, 2.75) is 32.9 Å². The molecule has 1 atom stereocenters. The van der Waals surface area contributed by atoms with Crippen LogP contribution in [0.5, 0.6) is 11.5 Å². The van der Waals surface area contributed by atoms with Crippen LogP contribution in [0, 0.1) is 12.3 Å². The lowest BCUT2D eigenvalue weighted by molar-refractivity contribution is -0.162. The molecule has 0 aliphatic heterocycles. The smallest absolute Gasteiger partial charge is 0.316 e. The van der Waals surface area contributed by atoms with Gasteiger partial charge in [0.15, 0.2) is 0 Å². The fraction of sp³-hybridized carbons (Fsp3) is 0.632. The van der Waals surface area contributed by atoms with Crippen LogP contribution in [0.3, 0.4) is 0 Å². The minimum absolute atomic E-state index is 0.119. The fourth-order valence-corrected chi connectivity index (χ4v) is 3.28. The first-order valence-electron chi connectivity index (χ1n) is 8.63. The van der Waals surface area contributed by atoms with Gasteiger partial charge in [-0.2, -0.15) is 0 Å². The fourth-order valence-electron chi connectivity index (χ4n) is 2.51. The van der Waals surface area contributed by atoms with E-state index in [0.29, 0.717) is 18.1 Å². The third kappa shape index (κ3) is 5.79. The van der Waals surface area contributed by atoms with Crippen molar-refractivity contribution in [1.82, 2.24) is 0 Å². The van der Waals surface area contributed by atoms with E-state index in [4.69, 9.17) is 18.9 Å². The molecule has 1 aromatic rings. The van der Waals surface area contributed by atoms with E-state index in [-0.39, 0.29) is 19.8 Å². The second-order valence-corrected chi connectivity index (χ2v) is 6.91. The van der Waals surface area contributed by atoms with Crippen molar-refractivity contribution in [3.05, 3.63) is 23.3 Å². The number of carbonyl (C=O) groups excluding carboxylic acids is 1. The average Bonchev–Trinajstić information content (AvgIpc) is 2.65. The number of aryl methyl sites for hydroxylation is 1. The maximum Gasteiger partial charge on any atom is 0.316 e. The van der Waals surface area contributed by atoms with Gasteiger partial charge < -0.3 is 24.1 Å². The highest BCUT2D eigenvalue weighted by molar-refractivity contribution is 7.98. The van der Waals surface area contributed by atoms with E-state index in [1.807, 2.05) is 26.0 Å². The summed E-state index contributed by atoms with van der Waals surface area (Å²) in [5.74, 6) is 2.15. The molecule has 0 aliphatic rings. The van der Waals surface area contributed by atoms with Gasteiger partial charge in [-0.15, -0.1) is 11.8 Å². The van der Waals surface area contributed by atoms with Crippen molar-refractivity contribution in [1.29, 1.82) is 0 Å². The summed E-state index contributed by atoms with van der Waals surface area (Å²) in [6, 6.07) is 3.93. The maximum atomic E-state index is 12.1. The van der Waals surface area contributed by atoms with E-state index in [9.17, 15) is 9.90 Å². The van der Waals surface area contributed by atoms with Gasteiger partial charge in [-0.25, -0.2) is 0 Å². The molecule has 7 heteroatoms. The minimum atomic E-state index is -1.00. The molecule has 0 amide bonds. The standard InChI is InChI=1S/C19H30O6S/c1-6-19(11-20,18(21)25-7-2)12-24-13-26-10-15-16(22-4)8-14(3)9-17(15)23-5/h8-9,20H,6-7,10-13H2,1-5H3. The van der Waals surface area contributed by atoms with E-state index >= 15 is 0 Å². The summed E-state index contributed by atoms with van der Waals surface area (Å²) >= 11 is 1.54. The molecule has 0 saturated heterocycles. The van der Waals surface area contributed by atoms with Gasteiger partial charge in [-0.05, 0) is 38.0 Å². The minimum Gasteiger partial charge on any atom is -0.496 e. The molecule has 0 spiro atoms. The van der Waals surface area contributed by atoms with Crippen molar-refractivity contribution in [3.8, 4) is 11.5 Å². The monoisotopic (exact) mass is 386 g/mol. The lowest BCUT2D eigenvalue weighted by Crippen LogP contribution is -2.40. The molecule has 0 radical (unpaired) electrons. The third-order valence-corrected chi connectivity index (χ3v) is 5.06. The zero-order valence-corrected chi connectivity index (χ0v) is 17.1. The van der Waals surface area contributed by atoms with E-state index in [1.165, 1.54) is 0 Å². The van der Waals surface area contributed by atoms with Gasteiger partial charge in [0, 0.05) is 11.3 Å². The lowest BCUT2D eigenvalue weighted by Gasteiger charge is -2.27. The first kappa shape index (κ1) is 22.6. The van der Waals surface area contributed by atoms with Crippen LogP contribution in [0.1, 0.15) is 31.4 Å². The molecular weight excluding hydrogens is 356 g/mol. The molecule has 0 bridgehead atoms. The van der Waals surface area contributed by atoms with E-state index in [0.717, 1.165) is 22.6 Å². The number of hydrogen-bond donors (Lipinski definition) is 1.